The van der Waals surface area contributed by atoms with E-state index in [1.807, 2.05) is 13.1 Å². The van der Waals surface area contributed by atoms with Crippen LogP contribution in [0.2, 0.25) is 0 Å². The molecule has 6 nitrogen and oxygen atoms in total. The minimum absolute atomic E-state index is 0.127. The Morgan fingerprint density at radius 1 is 1.17 bits per heavy atom. The first-order chi connectivity index (χ1) is 11.1. The Morgan fingerprint density at radius 2 is 1.83 bits per heavy atom. The fraction of sp³-hybridized carbons (Fsp3) is 0.412. The van der Waals surface area contributed by atoms with E-state index >= 15 is 0 Å². The van der Waals surface area contributed by atoms with Crippen LogP contribution < -0.4 is 9.47 Å². The average molecular weight is 315 g/mol. The van der Waals surface area contributed by atoms with E-state index in [0.717, 1.165) is 18.7 Å². The molecule has 122 valence electrons. The highest BCUT2D eigenvalue weighted by Gasteiger charge is 2.22. The van der Waals surface area contributed by atoms with Gasteiger partial charge < -0.3 is 19.3 Å². The van der Waals surface area contributed by atoms with Gasteiger partial charge in [-0.15, -0.1) is 0 Å². The molecule has 0 N–H and O–H groups in total. The molecule has 0 atom stereocenters. The van der Waals surface area contributed by atoms with Crippen molar-refractivity contribution in [1.82, 2.24) is 9.80 Å². The summed E-state index contributed by atoms with van der Waals surface area (Å²) in [4.78, 5) is 16.4. The van der Waals surface area contributed by atoms with E-state index in [2.05, 4.69) is 4.90 Å². The molecular formula is C17H21N3O3. The molecule has 1 heterocycles. The van der Waals surface area contributed by atoms with E-state index in [0.29, 0.717) is 24.6 Å². The van der Waals surface area contributed by atoms with Crippen molar-refractivity contribution in [3.8, 4) is 17.6 Å². The van der Waals surface area contributed by atoms with Crippen LogP contribution in [0.25, 0.3) is 6.08 Å². The van der Waals surface area contributed by atoms with Crippen molar-refractivity contribution in [3.05, 3.63) is 29.3 Å². The molecule has 0 aliphatic carbocycles. The Morgan fingerprint density at radius 3 is 2.39 bits per heavy atom. The third-order valence-electron chi connectivity index (χ3n) is 3.86. The van der Waals surface area contributed by atoms with Crippen molar-refractivity contribution >= 4 is 12.0 Å². The molecule has 1 saturated heterocycles. The third-order valence-corrected chi connectivity index (χ3v) is 3.86. The van der Waals surface area contributed by atoms with Crippen LogP contribution in [-0.2, 0) is 4.79 Å². The Hall–Kier alpha value is -2.52. The lowest BCUT2D eigenvalue weighted by atomic mass is 10.1. The van der Waals surface area contributed by atoms with Gasteiger partial charge in [-0.05, 0) is 30.8 Å². The van der Waals surface area contributed by atoms with Crippen LogP contribution in [0.3, 0.4) is 0 Å². The van der Waals surface area contributed by atoms with Gasteiger partial charge in [-0.2, -0.15) is 5.26 Å². The molecule has 0 saturated carbocycles. The van der Waals surface area contributed by atoms with Crippen LogP contribution in [0.15, 0.2) is 23.8 Å². The molecule has 1 fully saturated rings. The van der Waals surface area contributed by atoms with Crippen molar-refractivity contribution in [1.29, 1.82) is 5.26 Å². The zero-order valence-corrected chi connectivity index (χ0v) is 13.7. The zero-order chi connectivity index (χ0) is 16.8. The molecular weight excluding hydrogens is 294 g/mol. The number of hydrogen-bond acceptors (Lipinski definition) is 5. The van der Waals surface area contributed by atoms with Crippen molar-refractivity contribution in [3.63, 3.8) is 0 Å². The predicted molar refractivity (Wildman–Crippen MR) is 87.2 cm³/mol. The fourth-order valence-electron chi connectivity index (χ4n) is 2.43. The van der Waals surface area contributed by atoms with Gasteiger partial charge >= 0.3 is 0 Å². The molecule has 1 aliphatic heterocycles. The van der Waals surface area contributed by atoms with Crippen LogP contribution in [0, 0.1) is 11.3 Å². The van der Waals surface area contributed by atoms with Gasteiger partial charge in [-0.1, -0.05) is 6.07 Å². The maximum Gasteiger partial charge on any atom is 0.264 e. The van der Waals surface area contributed by atoms with Gasteiger partial charge in [-0.3, -0.25) is 4.79 Å². The second-order valence-electron chi connectivity index (χ2n) is 5.38. The highest BCUT2D eigenvalue weighted by Crippen LogP contribution is 2.28. The molecule has 23 heavy (non-hydrogen) atoms. The SMILES string of the molecule is COc1ccc(/C=C(\C#N)C(=O)N2CCN(C)CC2)cc1OC. The summed E-state index contributed by atoms with van der Waals surface area (Å²) in [5.74, 6) is 0.939. The van der Waals surface area contributed by atoms with Crippen LogP contribution in [0.5, 0.6) is 11.5 Å². The van der Waals surface area contributed by atoms with Crippen molar-refractivity contribution in [2.75, 3.05) is 47.4 Å². The van der Waals surface area contributed by atoms with Crippen molar-refractivity contribution < 1.29 is 14.3 Å². The summed E-state index contributed by atoms with van der Waals surface area (Å²) in [5, 5.41) is 9.34. The summed E-state index contributed by atoms with van der Waals surface area (Å²) < 4.78 is 10.4. The Bertz CT molecular complexity index is 641. The van der Waals surface area contributed by atoms with Crippen LogP contribution in [-0.4, -0.2) is 63.2 Å². The third kappa shape index (κ3) is 4.02. The summed E-state index contributed by atoms with van der Waals surface area (Å²) in [6.45, 7) is 2.92. The number of likely N-dealkylation sites (N-methyl/N-ethyl adjacent to an activating group) is 1. The summed E-state index contributed by atoms with van der Waals surface area (Å²) in [6, 6.07) is 7.29. The molecule has 1 aliphatic rings. The van der Waals surface area contributed by atoms with E-state index in [1.54, 1.807) is 43.4 Å². The molecule has 2 rings (SSSR count). The van der Waals surface area contributed by atoms with Gasteiger partial charge in [0.05, 0.1) is 14.2 Å². The highest BCUT2D eigenvalue weighted by molar-refractivity contribution is 6.01. The van der Waals surface area contributed by atoms with E-state index in [1.165, 1.54) is 0 Å². The molecule has 0 unspecified atom stereocenters. The topological polar surface area (TPSA) is 65.8 Å². The quantitative estimate of drug-likeness (QED) is 0.620. The first-order valence-corrected chi connectivity index (χ1v) is 7.40. The van der Waals surface area contributed by atoms with Crippen molar-refractivity contribution in [2.45, 2.75) is 0 Å². The van der Waals surface area contributed by atoms with Gasteiger partial charge in [0.15, 0.2) is 11.5 Å². The minimum atomic E-state index is -0.226. The van der Waals surface area contributed by atoms with E-state index in [-0.39, 0.29) is 11.5 Å². The largest absolute Gasteiger partial charge is 0.493 e. The van der Waals surface area contributed by atoms with Crippen LogP contribution in [0.1, 0.15) is 5.56 Å². The number of piperazine rings is 1. The van der Waals surface area contributed by atoms with Gasteiger partial charge in [0.25, 0.3) is 5.91 Å². The summed E-state index contributed by atoms with van der Waals surface area (Å²) in [6.07, 6.45) is 1.59. The smallest absolute Gasteiger partial charge is 0.264 e. The van der Waals surface area contributed by atoms with Gasteiger partial charge in [0.2, 0.25) is 0 Å². The molecule has 0 bridgehead atoms. The fourth-order valence-corrected chi connectivity index (χ4v) is 2.43. The van der Waals surface area contributed by atoms with Gasteiger partial charge in [0, 0.05) is 26.2 Å². The number of carbonyl (C=O) groups is 1. The number of nitrogens with zero attached hydrogens (tertiary/aromatic N) is 3. The second kappa shape index (κ2) is 7.65. The summed E-state index contributed by atoms with van der Waals surface area (Å²) in [7, 11) is 5.13. The maximum absolute atomic E-state index is 12.5. The zero-order valence-electron chi connectivity index (χ0n) is 13.7. The predicted octanol–water partition coefficient (Wildman–Crippen LogP) is 1.38. The number of rotatable bonds is 4. The lowest BCUT2D eigenvalue weighted by Crippen LogP contribution is -2.47. The maximum atomic E-state index is 12.5. The molecule has 0 radical (unpaired) electrons. The molecule has 1 aromatic rings. The second-order valence-corrected chi connectivity index (χ2v) is 5.38. The first kappa shape index (κ1) is 16.8. The summed E-state index contributed by atoms with van der Waals surface area (Å²) in [5.41, 5.74) is 0.850. The highest BCUT2D eigenvalue weighted by atomic mass is 16.5. The number of hydrogen-bond donors (Lipinski definition) is 0. The molecule has 6 heteroatoms. The number of ether oxygens (including phenoxy) is 2. The molecule has 1 aromatic carbocycles. The van der Waals surface area contributed by atoms with Crippen LogP contribution >= 0.6 is 0 Å². The normalized spacial score (nSPS) is 15.9. The number of nitriles is 1. The van der Waals surface area contributed by atoms with Crippen LogP contribution in [0.4, 0.5) is 0 Å². The number of methoxy groups -OCH3 is 2. The lowest BCUT2D eigenvalue weighted by Gasteiger charge is -2.32. The van der Waals surface area contributed by atoms with Gasteiger partial charge in [0.1, 0.15) is 11.6 Å². The minimum Gasteiger partial charge on any atom is -0.493 e. The lowest BCUT2D eigenvalue weighted by molar-refractivity contribution is -0.128. The first-order valence-electron chi connectivity index (χ1n) is 7.40. The van der Waals surface area contributed by atoms with E-state index < -0.39 is 0 Å². The molecule has 0 spiro atoms. The number of benzene rings is 1. The molecule has 1 amide bonds. The van der Waals surface area contributed by atoms with Gasteiger partial charge in [-0.25, -0.2) is 0 Å². The average Bonchev–Trinajstić information content (AvgIpc) is 2.59. The number of amides is 1. The van der Waals surface area contributed by atoms with Crippen molar-refractivity contribution in [2.24, 2.45) is 0 Å². The Labute approximate surface area is 136 Å². The summed E-state index contributed by atoms with van der Waals surface area (Å²) >= 11 is 0. The van der Waals surface area contributed by atoms with E-state index in [4.69, 9.17) is 9.47 Å². The Balaban J connectivity index is 2.21. The standard InChI is InChI=1S/C17H21N3O3/c1-19-6-8-20(9-7-19)17(21)14(12-18)10-13-4-5-15(22-2)16(11-13)23-3/h4-5,10-11H,6-9H2,1-3H3/b14-10+. The Kier molecular flexibility index (Phi) is 5.61. The molecule has 0 aromatic heterocycles. The number of carbonyl (C=O) groups excluding carboxylic acids is 1. The monoisotopic (exact) mass is 315 g/mol. The van der Waals surface area contributed by atoms with E-state index in [9.17, 15) is 10.1 Å².